The number of carbonyl (C=O) groups is 1. The number of piperidine rings is 1. The molecule has 1 fully saturated rings. The maximum absolute atomic E-state index is 11.4. The van der Waals surface area contributed by atoms with Crippen LogP contribution in [0.5, 0.6) is 0 Å². The van der Waals surface area contributed by atoms with Crippen LogP contribution in [-0.2, 0) is 4.79 Å². The third kappa shape index (κ3) is 4.44. The predicted molar refractivity (Wildman–Crippen MR) is 61.7 cm³/mol. The lowest BCUT2D eigenvalue weighted by Crippen LogP contribution is -2.47. The van der Waals surface area contributed by atoms with Gasteiger partial charge in [0.05, 0.1) is 6.54 Å². The van der Waals surface area contributed by atoms with Gasteiger partial charge < -0.3 is 10.6 Å². The summed E-state index contributed by atoms with van der Waals surface area (Å²) < 4.78 is 0. The lowest BCUT2D eigenvalue weighted by atomic mass is 10.1. The predicted octanol–water partition coefficient (Wildman–Crippen LogP) is -0.0276. The van der Waals surface area contributed by atoms with E-state index in [-0.39, 0.29) is 5.91 Å². The lowest BCUT2D eigenvalue weighted by molar-refractivity contribution is -0.122. The first-order valence-corrected chi connectivity index (χ1v) is 5.52. The number of hydrogen-bond donors (Lipinski definition) is 2. The highest BCUT2D eigenvalue weighted by Gasteiger charge is 2.18. The molecule has 1 atom stereocenters. The van der Waals surface area contributed by atoms with Gasteiger partial charge in [0.25, 0.3) is 0 Å². The molecule has 1 aliphatic rings. The van der Waals surface area contributed by atoms with Crippen molar-refractivity contribution in [1.29, 1.82) is 0 Å². The number of likely N-dealkylation sites (N-methyl/N-ethyl adjacent to an activating group) is 1. The molecule has 4 heteroatoms. The number of carbonyl (C=O) groups excluding carboxylic acids is 1. The quantitative estimate of drug-likeness (QED) is 0.628. The molecule has 0 aromatic carbocycles. The summed E-state index contributed by atoms with van der Waals surface area (Å²) in [6.07, 6.45) is 4.07. The molecule has 0 spiro atoms. The minimum Gasteiger partial charge on any atom is -0.352 e. The van der Waals surface area contributed by atoms with Crippen molar-refractivity contribution in [2.24, 2.45) is 0 Å². The Labute approximate surface area is 91.7 Å². The van der Waals surface area contributed by atoms with Gasteiger partial charge in [-0.05, 0) is 26.4 Å². The molecular formula is C11H21N3O. The van der Waals surface area contributed by atoms with E-state index in [4.69, 9.17) is 0 Å². The van der Waals surface area contributed by atoms with Crippen LogP contribution in [0.2, 0.25) is 0 Å². The van der Waals surface area contributed by atoms with Gasteiger partial charge in [0.2, 0.25) is 5.91 Å². The molecule has 1 aliphatic heterocycles. The van der Waals surface area contributed by atoms with E-state index >= 15 is 0 Å². The second-order valence-electron chi connectivity index (χ2n) is 4.01. The number of nitrogens with zero attached hydrogens (tertiary/aromatic N) is 1. The molecule has 0 bridgehead atoms. The third-order valence-electron chi connectivity index (χ3n) is 2.73. The molecule has 0 saturated carbocycles. The van der Waals surface area contributed by atoms with E-state index < -0.39 is 0 Å². The molecule has 15 heavy (non-hydrogen) atoms. The summed E-state index contributed by atoms with van der Waals surface area (Å²) in [7, 11) is 2.01. The van der Waals surface area contributed by atoms with Crippen molar-refractivity contribution in [3.8, 4) is 0 Å². The Morgan fingerprint density at radius 1 is 1.73 bits per heavy atom. The van der Waals surface area contributed by atoms with Gasteiger partial charge in [-0.15, -0.1) is 6.58 Å². The number of rotatable bonds is 5. The molecule has 1 unspecified atom stereocenters. The average molecular weight is 211 g/mol. The molecule has 0 aromatic heterocycles. The van der Waals surface area contributed by atoms with Crippen LogP contribution in [0.3, 0.4) is 0 Å². The van der Waals surface area contributed by atoms with E-state index in [0.29, 0.717) is 19.1 Å². The third-order valence-corrected chi connectivity index (χ3v) is 2.73. The highest BCUT2D eigenvalue weighted by atomic mass is 16.2. The molecule has 0 aromatic rings. The zero-order chi connectivity index (χ0) is 11.1. The second-order valence-corrected chi connectivity index (χ2v) is 4.01. The van der Waals surface area contributed by atoms with Crippen LogP contribution in [0.4, 0.5) is 0 Å². The van der Waals surface area contributed by atoms with E-state index in [1.165, 1.54) is 12.8 Å². The SMILES string of the molecule is C=CCNC(=O)CN(C)C1CCCNC1. The normalized spacial score (nSPS) is 21.3. The fourth-order valence-electron chi connectivity index (χ4n) is 1.81. The fraction of sp³-hybridized carbons (Fsp3) is 0.727. The van der Waals surface area contributed by atoms with Gasteiger partial charge in [-0.3, -0.25) is 9.69 Å². The molecule has 1 heterocycles. The molecule has 1 rings (SSSR count). The molecule has 0 radical (unpaired) electrons. The highest BCUT2D eigenvalue weighted by Crippen LogP contribution is 2.07. The van der Waals surface area contributed by atoms with Gasteiger partial charge in [0.1, 0.15) is 0 Å². The monoisotopic (exact) mass is 211 g/mol. The van der Waals surface area contributed by atoms with Crippen LogP contribution in [0.15, 0.2) is 12.7 Å². The zero-order valence-electron chi connectivity index (χ0n) is 9.46. The van der Waals surface area contributed by atoms with Crippen LogP contribution >= 0.6 is 0 Å². The molecular weight excluding hydrogens is 190 g/mol. The first kappa shape index (κ1) is 12.2. The van der Waals surface area contributed by atoms with Gasteiger partial charge in [-0.25, -0.2) is 0 Å². The number of amides is 1. The van der Waals surface area contributed by atoms with Crippen LogP contribution in [-0.4, -0.2) is 50.1 Å². The Balaban J connectivity index is 2.23. The first-order valence-electron chi connectivity index (χ1n) is 5.52. The molecule has 0 aliphatic carbocycles. The topological polar surface area (TPSA) is 44.4 Å². The van der Waals surface area contributed by atoms with Crippen LogP contribution in [0.1, 0.15) is 12.8 Å². The van der Waals surface area contributed by atoms with Crippen LogP contribution in [0.25, 0.3) is 0 Å². The summed E-state index contributed by atoms with van der Waals surface area (Å²) in [5.74, 6) is 0.0722. The van der Waals surface area contributed by atoms with Crippen LogP contribution in [0, 0.1) is 0 Å². The van der Waals surface area contributed by atoms with E-state index in [1.807, 2.05) is 7.05 Å². The minimum atomic E-state index is 0.0722. The Kier molecular flexibility index (Phi) is 5.36. The average Bonchev–Trinajstić information content (AvgIpc) is 2.27. The Bertz CT molecular complexity index is 212. The number of hydrogen-bond acceptors (Lipinski definition) is 3. The van der Waals surface area contributed by atoms with E-state index in [1.54, 1.807) is 6.08 Å². The Morgan fingerprint density at radius 2 is 2.53 bits per heavy atom. The number of nitrogens with one attached hydrogen (secondary N) is 2. The highest BCUT2D eigenvalue weighted by molar-refractivity contribution is 5.78. The van der Waals surface area contributed by atoms with Crippen molar-refractivity contribution < 1.29 is 4.79 Å². The molecule has 2 N–H and O–H groups in total. The second kappa shape index (κ2) is 6.58. The van der Waals surface area contributed by atoms with Crippen molar-refractivity contribution in [3.05, 3.63) is 12.7 Å². The van der Waals surface area contributed by atoms with Gasteiger partial charge in [-0.2, -0.15) is 0 Å². The van der Waals surface area contributed by atoms with Crippen molar-refractivity contribution in [1.82, 2.24) is 15.5 Å². The smallest absolute Gasteiger partial charge is 0.234 e. The lowest BCUT2D eigenvalue weighted by Gasteiger charge is -2.31. The van der Waals surface area contributed by atoms with E-state index in [0.717, 1.165) is 13.1 Å². The molecule has 86 valence electrons. The fourth-order valence-corrected chi connectivity index (χ4v) is 1.81. The van der Waals surface area contributed by atoms with Gasteiger partial charge in [0.15, 0.2) is 0 Å². The van der Waals surface area contributed by atoms with Gasteiger partial charge in [0, 0.05) is 19.1 Å². The van der Waals surface area contributed by atoms with Crippen molar-refractivity contribution >= 4 is 5.91 Å². The van der Waals surface area contributed by atoms with Crippen molar-refractivity contribution in [3.63, 3.8) is 0 Å². The maximum Gasteiger partial charge on any atom is 0.234 e. The maximum atomic E-state index is 11.4. The molecule has 1 saturated heterocycles. The van der Waals surface area contributed by atoms with E-state index in [9.17, 15) is 4.79 Å². The first-order chi connectivity index (χ1) is 7.24. The van der Waals surface area contributed by atoms with Gasteiger partial charge in [-0.1, -0.05) is 6.08 Å². The Morgan fingerprint density at radius 3 is 3.13 bits per heavy atom. The van der Waals surface area contributed by atoms with Crippen molar-refractivity contribution in [2.45, 2.75) is 18.9 Å². The van der Waals surface area contributed by atoms with Crippen molar-refractivity contribution in [2.75, 3.05) is 33.2 Å². The van der Waals surface area contributed by atoms with E-state index in [2.05, 4.69) is 22.1 Å². The molecule has 4 nitrogen and oxygen atoms in total. The largest absolute Gasteiger partial charge is 0.352 e. The molecule has 1 amide bonds. The van der Waals surface area contributed by atoms with Crippen LogP contribution < -0.4 is 10.6 Å². The summed E-state index contributed by atoms with van der Waals surface area (Å²) in [5.41, 5.74) is 0. The summed E-state index contributed by atoms with van der Waals surface area (Å²) in [6, 6.07) is 0.494. The summed E-state index contributed by atoms with van der Waals surface area (Å²) in [4.78, 5) is 13.5. The summed E-state index contributed by atoms with van der Waals surface area (Å²) >= 11 is 0. The Hall–Kier alpha value is -0.870. The van der Waals surface area contributed by atoms with Gasteiger partial charge >= 0.3 is 0 Å². The summed E-state index contributed by atoms with van der Waals surface area (Å²) in [6.45, 7) is 6.68. The zero-order valence-corrected chi connectivity index (χ0v) is 9.46. The minimum absolute atomic E-state index is 0.0722. The summed E-state index contributed by atoms with van der Waals surface area (Å²) in [5, 5.41) is 6.13. The standard InChI is InChI=1S/C11H21N3O/c1-3-6-13-11(15)9-14(2)10-5-4-7-12-8-10/h3,10,12H,1,4-9H2,2H3,(H,13,15).